The lowest BCUT2D eigenvalue weighted by Gasteiger charge is -2.42. The van der Waals surface area contributed by atoms with Crippen molar-refractivity contribution in [2.24, 2.45) is 5.41 Å². The Balaban J connectivity index is 1.10. The molecule has 170 valence electrons. The molecule has 2 aromatic carbocycles. The number of hydrogen-bond donors (Lipinski definition) is 1. The first-order valence-electron chi connectivity index (χ1n) is 12.2. The molecule has 1 saturated carbocycles. The van der Waals surface area contributed by atoms with Gasteiger partial charge in [-0.05, 0) is 61.3 Å². The van der Waals surface area contributed by atoms with Crippen LogP contribution in [0.25, 0.3) is 10.8 Å². The summed E-state index contributed by atoms with van der Waals surface area (Å²) in [5.41, 5.74) is 3.96. The topological polar surface area (TPSA) is 67.2 Å². The van der Waals surface area contributed by atoms with Crippen LogP contribution in [0.5, 0.6) is 0 Å². The molecule has 2 fully saturated rings. The number of nitrogens with zero attached hydrogens (tertiary/aromatic N) is 3. The normalized spacial score (nSPS) is 19.5. The van der Waals surface area contributed by atoms with Gasteiger partial charge < -0.3 is 10.2 Å². The zero-order valence-electron chi connectivity index (χ0n) is 19.1. The number of aryl methyl sites for hydroxylation is 2. The van der Waals surface area contributed by atoms with Crippen molar-refractivity contribution in [1.82, 2.24) is 14.7 Å². The number of benzene rings is 2. The molecule has 0 radical (unpaired) electrons. The number of rotatable bonds is 5. The summed E-state index contributed by atoms with van der Waals surface area (Å²) in [6.45, 7) is 4.62. The van der Waals surface area contributed by atoms with Crippen LogP contribution < -0.4 is 5.32 Å². The summed E-state index contributed by atoms with van der Waals surface area (Å²) in [5, 5.41) is 10.0. The number of piperidine rings is 1. The molecule has 1 aliphatic carbocycles. The highest BCUT2D eigenvalue weighted by atomic mass is 16.2. The second-order valence-electron chi connectivity index (χ2n) is 10.2. The van der Waals surface area contributed by atoms with Crippen molar-refractivity contribution in [3.63, 3.8) is 0 Å². The van der Waals surface area contributed by atoms with Gasteiger partial charge in [0.05, 0.1) is 5.69 Å². The average molecular weight is 443 g/mol. The molecule has 1 N–H and O–H groups in total. The van der Waals surface area contributed by atoms with Gasteiger partial charge in [0.2, 0.25) is 5.91 Å². The van der Waals surface area contributed by atoms with E-state index in [4.69, 9.17) is 5.10 Å². The Morgan fingerprint density at radius 1 is 1.15 bits per heavy atom. The van der Waals surface area contributed by atoms with Crippen molar-refractivity contribution in [1.29, 1.82) is 0 Å². The van der Waals surface area contributed by atoms with Crippen LogP contribution in [-0.2, 0) is 17.8 Å². The van der Waals surface area contributed by atoms with E-state index in [9.17, 15) is 9.59 Å². The highest BCUT2D eigenvalue weighted by Crippen LogP contribution is 2.43. The van der Waals surface area contributed by atoms with Gasteiger partial charge in [-0.25, -0.2) is 0 Å². The summed E-state index contributed by atoms with van der Waals surface area (Å²) in [7, 11) is 0. The average Bonchev–Trinajstić information content (AvgIpc) is 3.42. The molecular weight excluding hydrogens is 412 g/mol. The van der Waals surface area contributed by atoms with Crippen molar-refractivity contribution in [3.05, 3.63) is 59.4 Å². The predicted molar refractivity (Wildman–Crippen MR) is 128 cm³/mol. The van der Waals surface area contributed by atoms with Crippen molar-refractivity contribution in [3.8, 4) is 0 Å². The van der Waals surface area contributed by atoms with E-state index in [1.165, 1.54) is 12.0 Å². The van der Waals surface area contributed by atoms with E-state index >= 15 is 0 Å². The predicted octanol–water partition coefficient (Wildman–Crippen LogP) is 4.74. The van der Waals surface area contributed by atoms with Crippen LogP contribution in [0.15, 0.2) is 42.6 Å². The second-order valence-corrected chi connectivity index (χ2v) is 10.2. The summed E-state index contributed by atoms with van der Waals surface area (Å²) in [4.78, 5) is 27.1. The number of anilines is 1. The molecule has 33 heavy (non-hydrogen) atoms. The lowest BCUT2D eigenvalue weighted by Crippen LogP contribution is -2.48. The first kappa shape index (κ1) is 20.5. The summed E-state index contributed by atoms with van der Waals surface area (Å²) < 4.78 is 2.04. The Labute approximate surface area is 194 Å². The van der Waals surface area contributed by atoms with Crippen LogP contribution >= 0.6 is 0 Å². The quantitative estimate of drug-likeness (QED) is 0.621. The van der Waals surface area contributed by atoms with E-state index in [2.05, 4.69) is 41.5 Å². The van der Waals surface area contributed by atoms with E-state index in [1.807, 2.05) is 22.9 Å². The lowest BCUT2D eigenvalue weighted by atomic mass is 9.69. The molecular formula is C27H30N4O2. The number of carbonyl (C=O) groups is 2. The minimum absolute atomic E-state index is 0.0148. The van der Waals surface area contributed by atoms with Crippen molar-refractivity contribution >= 4 is 28.3 Å². The number of likely N-dealkylation sites (tertiary alicyclic amines) is 1. The van der Waals surface area contributed by atoms with E-state index in [-0.39, 0.29) is 11.3 Å². The van der Waals surface area contributed by atoms with E-state index < -0.39 is 0 Å². The van der Waals surface area contributed by atoms with Gasteiger partial charge in [0.25, 0.3) is 5.91 Å². The summed E-state index contributed by atoms with van der Waals surface area (Å²) in [6, 6.07) is 12.2. The Bertz CT molecular complexity index is 1250. The maximum atomic E-state index is 12.8. The number of nitrogens with one attached hydrogen (secondary N) is 1. The van der Waals surface area contributed by atoms with E-state index in [1.54, 1.807) is 0 Å². The maximum Gasteiger partial charge on any atom is 0.256 e. The van der Waals surface area contributed by atoms with E-state index in [0.717, 1.165) is 79.5 Å². The first-order valence-corrected chi connectivity index (χ1v) is 12.2. The Morgan fingerprint density at radius 2 is 1.97 bits per heavy atom. The van der Waals surface area contributed by atoms with Crippen LogP contribution in [-0.4, -0.2) is 39.6 Å². The van der Waals surface area contributed by atoms with E-state index in [0.29, 0.717) is 11.8 Å². The Hall–Kier alpha value is -3.15. The van der Waals surface area contributed by atoms with Gasteiger partial charge in [-0.2, -0.15) is 5.10 Å². The minimum Gasteiger partial charge on any atom is -0.342 e. The molecule has 6 heteroatoms. The fourth-order valence-electron chi connectivity index (χ4n) is 5.80. The van der Waals surface area contributed by atoms with Crippen LogP contribution in [0.4, 0.5) is 5.69 Å². The van der Waals surface area contributed by atoms with Crippen LogP contribution in [0.1, 0.15) is 66.6 Å². The number of hydrogen-bond acceptors (Lipinski definition) is 3. The highest BCUT2D eigenvalue weighted by Gasteiger charge is 2.42. The maximum absolute atomic E-state index is 12.8. The van der Waals surface area contributed by atoms with Gasteiger partial charge in [0.15, 0.2) is 0 Å². The third-order valence-corrected chi connectivity index (χ3v) is 8.07. The third-order valence-electron chi connectivity index (χ3n) is 8.07. The zero-order valence-corrected chi connectivity index (χ0v) is 19.1. The van der Waals surface area contributed by atoms with Gasteiger partial charge in [-0.1, -0.05) is 31.5 Å². The van der Waals surface area contributed by atoms with Gasteiger partial charge in [-0.3, -0.25) is 14.3 Å². The Kier molecular flexibility index (Phi) is 4.78. The highest BCUT2D eigenvalue weighted by molar-refractivity contribution is 6.24. The van der Waals surface area contributed by atoms with Crippen LogP contribution in [0.2, 0.25) is 0 Å². The largest absolute Gasteiger partial charge is 0.342 e. The summed E-state index contributed by atoms with van der Waals surface area (Å²) >= 11 is 0. The van der Waals surface area contributed by atoms with Gasteiger partial charge >= 0.3 is 0 Å². The number of carbonyl (C=O) groups excluding carboxylic acids is 2. The molecule has 1 saturated heterocycles. The van der Waals surface area contributed by atoms with Gasteiger partial charge in [-0.15, -0.1) is 0 Å². The third kappa shape index (κ3) is 3.43. The van der Waals surface area contributed by atoms with Crippen molar-refractivity contribution in [2.75, 3.05) is 18.4 Å². The van der Waals surface area contributed by atoms with Gasteiger partial charge in [0, 0.05) is 53.8 Å². The molecule has 0 bridgehead atoms. The lowest BCUT2D eigenvalue weighted by molar-refractivity contribution is -0.147. The molecule has 2 amide bonds. The standard InChI is InChI=1S/C27H30N4O2/c1-27(12-3-13-27)26(33)30-14-8-19(9-15-30)22-11-17-31(29-22)16-10-18-6-7-23-24-20(18)4-2-5-21(24)25(32)28-23/h2,4-7,11,17,19H,3,8-10,12-16H2,1H3,(H,28,32). The van der Waals surface area contributed by atoms with Crippen LogP contribution in [0.3, 0.4) is 0 Å². The fourth-order valence-corrected chi connectivity index (χ4v) is 5.80. The monoisotopic (exact) mass is 442 g/mol. The molecule has 1 aromatic heterocycles. The fraction of sp³-hybridized carbons (Fsp3) is 0.444. The minimum atomic E-state index is -0.0968. The summed E-state index contributed by atoms with van der Waals surface area (Å²) in [5.74, 6) is 0.775. The number of amides is 2. The van der Waals surface area contributed by atoms with Crippen molar-refractivity contribution < 1.29 is 9.59 Å². The SMILES string of the molecule is CC1(C(=O)N2CCC(c3ccn(CCc4ccc5c6c(cccc46)C(=O)N5)n3)CC2)CCC1. The number of aromatic nitrogens is 2. The first-order chi connectivity index (χ1) is 16.0. The molecule has 0 spiro atoms. The molecule has 2 aliphatic heterocycles. The molecule has 3 aliphatic rings. The molecule has 6 rings (SSSR count). The Morgan fingerprint density at radius 3 is 2.73 bits per heavy atom. The molecule has 6 nitrogen and oxygen atoms in total. The molecule has 0 unspecified atom stereocenters. The van der Waals surface area contributed by atoms with Crippen molar-refractivity contribution in [2.45, 2.75) is 57.9 Å². The zero-order chi connectivity index (χ0) is 22.6. The smallest absolute Gasteiger partial charge is 0.256 e. The molecule has 3 aromatic rings. The summed E-state index contributed by atoms with van der Waals surface area (Å²) in [6.07, 6.45) is 8.20. The second kappa shape index (κ2) is 7.72. The van der Waals surface area contributed by atoms with Crippen LogP contribution in [0, 0.1) is 5.41 Å². The molecule has 0 atom stereocenters. The van der Waals surface area contributed by atoms with Gasteiger partial charge in [0.1, 0.15) is 0 Å². The molecule has 3 heterocycles.